The number of alkyl halides is 2. The molecule has 0 aliphatic heterocycles. The number of halogens is 2. The van der Waals surface area contributed by atoms with Crippen LogP contribution in [0.25, 0.3) is 0 Å². The minimum Gasteiger partial charge on any atom is -0.367 e. The molecule has 2 aliphatic rings. The van der Waals surface area contributed by atoms with Crippen LogP contribution in [0.3, 0.4) is 0 Å². The van der Waals surface area contributed by atoms with E-state index in [2.05, 4.69) is 0 Å². The Morgan fingerprint density at radius 3 is 2.04 bits per heavy atom. The Bertz CT molecular complexity index is 658. The van der Waals surface area contributed by atoms with E-state index in [1.807, 2.05) is 0 Å². The zero-order valence-electron chi connectivity index (χ0n) is 15.8. The van der Waals surface area contributed by atoms with Crippen molar-refractivity contribution in [2.24, 2.45) is 29.2 Å². The third kappa shape index (κ3) is 4.55. The molecule has 6 heteroatoms. The van der Waals surface area contributed by atoms with Gasteiger partial charge < -0.3 is 10.8 Å². The number of carbonyl (C=O) groups is 1. The Kier molecular flexibility index (Phi) is 5.71. The highest BCUT2D eigenvalue weighted by Gasteiger charge is 2.47. The van der Waals surface area contributed by atoms with E-state index in [4.69, 9.17) is 11.5 Å². The summed E-state index contributed by atoms with van der Waals surface area (Å²) in [6, 6.07) is 5.90. The number of carbonyl (C=O) groups excluding carboxylic acids is 1. The van der Waals surface area contributed by atoms with Gasteiger partial charge in [0.2, 0.25) is 5.72 Å². The third-order valence-electron chi connectivity index (χ3n) is 6.39. The molecule has 0 bridgehead atoms. The van der Waals surface area contributed by atoms with Gasteiger partial charge in [-0.15, -0.1) is 0 Å². The van der Waals surface area contributed by atoms with Crippen LogP contribution in [0.5, 0.6) is 0 Å². The molecule has 0 spiro atoms. The lowest BCUT2D eigenvalue weighted by molar-refractivity contribution is -0.172. The first-order valence-corrected chi connectivity index (χ1v) is 9.88. The predicted molar refractivity (Wildman–Crippen MR) is 100 cm³/mol. The van der Waals surface area contributed by atoms with Crippen molar-refractivity contribution in [2.75, 3.05) is 0 Å². The molecular weight excluding hydrogens is 350 g/mol. The molecule has 3 rings (SSSR count). The Labute approximate surface area is 159 Å². The Morgan fingerprint density at radius 2 is 1.59 bits per heavy atom. The van der Waals surface area contributed by atoms with Crippen molar-refractivity contribution in [1.29, 1.82) is 0 Å². The highest BCUT2D eigenvalue weighted by atomic mass is 19.3. The van der Waals surface area contributed by atoms with E-state index < -0.39 is 11.6 Å². The number of nitrogens with two attached hydrogens (primary N) is 2. The number of rotatable bonds is 7. The van der Waals surface area contributed by atoms with Crippen LogP contribution in [0, 0.1) is 17.8 Å². The second-order valence-electron chi connectivity index (χ2n) is 8.54. The molecule has 0 amide bonds. The van der Waals surface area contributed by atoms with Crippen LogP contribution in [0.1, 0.15) is 67.8 Å². The van der Waals surface area contributed by atoms with Gasteiger partial charge in [-0.3, -0.25) is 10.5 Å². The van der Waals surface area contributed by atoms with Crippen LogP contribution in [0.4, 0.5) is 8.78 Å². The molecule has 2 atom stereocenters. The molecule has 2 aliphatic carbocycles. The summed E-state index contributed by atoms with van der Waals surface area (Å²) in [5.74, 6) is -1.90. The average Bonchev–Trinajstić information content (AvgIpc) is 3.44. The maximum absolute atomic E-state index is 13.5. The number of ketones is 1. The van der Waals surface area contributed by atoms with Crippen molar-refractivity contribution < 1.29 is 18.7 Å². The second-order valence-corrected chi connectivity index (χ2v) is 8.54. The van der Waals surface area contributed by atoms with Gasteiger partial charge in [0.1, 0.15) is 0 Å². The van der Waals surface area contributed by atoms with Gasteiger partial charge in [0.05, 0.1) is 0 Å². The van der Waals surface area contributed by atoms with E-state index in [1.54, 1.807) is 0 Å². The molecule has 1 aromatic rings. The topological polar surface area (TPSA) is 89.3 Å². The van der Waals surface area contributed by atoms with Crippen molar-refractivity contribution in [3.63, 3.8) is 0 Å². The summed E-state index contributed by atoms with van der Waals surface area (Å²) in [5.41, 5.74) is 9.01. The Balaban J connectivity index is 1.68. The fourth-order valence-corrected chi connectivity index (χ4v) is 4.31. The van der Waals surface area contributed by atoms with Crippen molar-refractivity contribution in [3.05, 3.63) is 35.4 Å². The monoisotopic (exact) mass is 380 g/mol. The largest absolute Gasteiger partial charge is 0.367 e. The van der Waals surface area contributed by atoms with Gasteiger partial charge in [0, 0.05) is 30.5 Å². The van der Waals surface area contributed by atoms with Crippen molar-refractivity contribution >= 4 is 5.78 Å². The molecule has 2 unspecified atom stereocenters. The first kappa shape index (κ1) is 20.4. The average molecular weight is 380 g/mol. The lowest BCUT2D eigenvalue weighted by Gasteiger charge is -2.32. The van der Waals surface area contributed by atoms with Gasteiger partial charge in [0.25, 0.3) is 5.92 Å². The van der Waals surface area contributed by atoms with Crippen LogP contribution in [-0.4, -0.2) is 22.9 Å². The lowest BCUT2D eigenvalue weighted by atomic mass is 9.74. The van der Waals surface area contributed by atoms with Crippen LogP contribution in [0.15, 0.2) is 24.3 Å². The number of hydrogen-bond acceptors (Lipinski definition) is 4. The van der Waals surface area contributed by atoms with Crippen molar-refractivity contribution in [2.45, 2.75) is 69.6 Å². The first-order valence-electron chi connectivity index (χ1n) is 9.88. The maximum atomic E-state index is 13.5. The summed E-state index contributed by atoms with van der Waals surface area (Å²) in [5, 5.41) is 9.90. The molecule has 2 fully saturated rings. The molecular formula is C21H30F2N2O2. The van der Waals surface area contributed by atoms with Crippen LogP contribution in [-0.2, 0) is 5.72 Å². The Morgan fingerprint density at radius 1 is 1.11 bits per heavy atom. The summed E-state index contributed by atoms with van der Waals surface area (Å²) in [6.45, 7) is 0.572. The fraction of sp³-hybridized carbons (Fsp3) is 0.667. The maximum Gasteiger partial charge on any atom is 0.290 e. The highest BCUT2D eigenvalue weighted by molar-refractivity contribution is 5.96. The third-order valence-corrected chi connectivity index (χ3v) is 6.39. The van der Waals surface area contributed by atoms with E-state index in [0.717, 1.165) is 25.7 Å². The summed E-state index contributed by atoms with van der Waals surface area (Å²) in [6.07, 6.45) is 7.08. The molecule has 0 aromatic heterocycles. The molecule has 0 saturated heterocycles. The quantitative estimate of drug-likeness (QED) is 0.498. The van der Waals surface area contributed by atoms with Crippen molar-refractivity contribution in [1.82, 2.24) is 0 Å². The van der Waals surface area contributed by atoms with Gasteiger partial charge in [-0.2, -0.15) is 0 Å². The molecule has 27 heavy (non-hydrogen) atoms. The normalized spacial score (nSPS) is 27.0. The van der Waals surface area contributed by atoms with Gasteiger partial charge in [-0.25, -0.2) is 8.78 Å². The van der Waals surface area contributed by atoms with E-state index in [1.165, 1.54) is 37.1 Å². The number of hydrogen-bond donors (Lipinski definition) is 3. The van der Waals surface area contributed by atoms with Crippen molar-refractivity contribution in [3.8, 4) is 0 Å². The minimum atomic E-state index is -3.49. The smallest absolute Gasteiger partial charge is 0.290 e. The fourth-order valence-electron chi connectivity index (χ4n) is 4.31. The SMILES string of the molecule is CC(F)(F)C(N)(O)c1ccc(C(=O)CC(C2CCC(N)CC2)C2CC2)cc1. The zero-order valence-corrected chi connectivity index (χ0v) is 15.8. The minimum absolute atomic E-state index is 0.0251. The Hall–Kier alpha value is -1.37. The van der Waals surface area contributed by atoms with Crippen LogP contribution >= 0.6 is 0 Å². The van der Waals surface area contributed by atoms with Gasteiger partial charge in [0.15, 0.2) is 5.78 Å². The lowest BCUT2D eigenvalue weighted by Crippen LogP contribution is -2.51. The predicted octanol–water partition coefficient (Wildman–Crippen LogP) is 3.56. The molecule has 150 valence electrons. The van der Waals surface area contributed by atoms with E-state index in [-0.39, 0.29) is 17.4 Å². The summed E-state index contributed by atoms with van der Waals surface area (Å²) in [7, 11) is 0. The highest BCUT2D eigenvalue weighted by Crippen LogP contribution is 2.46. The first-order chi connectivity index (χ1) is 12.6. The molecule has 2 saturated carbocycles. The van der Waals surface area contributed by atoms with Gasteiger partial charge in [-0.05, 0) is 56.3 Å². The molecule has 0 heterocycles. The molecule has 5 N–H and O–H groups in total. The number of Topliss-reactive ketones (excluding diaryl/α,β-unsaturated/α-hetero) is 1. The number of benzene rings is 1. The zero-order chi connectivity index (χ0) is 19.8. The molecule has 0 radical (unpaired) electrons. The second kappa shape index (κ2) is 7.57. The van der Waals surface area contributed by atoms with Crippen LogP contribution in [0.2, 0.25) is 0 Å². The summed E-state index contributed by atoms with van der Waals surface area (Å²) in [4.78, 5) is 12.8. The number of aliphatic hydroxyl groups is 1. The molecule has 1 aromatic carbocycles. The molecule has 4 nitrogen and oxygen atoms in total. The van der Waals surface area contributed by atoms with Gasteiger partial charge in [-0.1, -0.05) is 24.3 Å². The van der Waals surface area contributed by atoms with Gasteiger partial charge >= 0.3 is 0 Å². The van der Waals surface area contributed by atoms with E-state index in [0.29, 0.717) is 36.7 Å². The summed E-state index contributed by atoms with van der Waals surface area (Å²) < 4.78 is 27.0. The standard InChI is InChI=1S/C21H30F2N2O2/c1-20(22,23)21(25,27)16-8-4-15(5-9-16)19(26)12-18(13-2-3-13)14-6-10-17(24)11-7-14/h4-5,8-9,13-14,17-18,27H,2-3,6-7,10-12,24-25H2,1H3. The summed E-state index contributed by atoms with van der Waals surface area (Å²) >= 11 is 0. The van der Waals surface area contributed by atoms with Crippen LogP contribution < -0.4 is 11.5 Å². The van der Waals surface area contributed by atoms with E-state index >= 15 is 0 Å². The van der Waals surface area contributed by atoms with E-state index in [9.17, 15) is 18.7 Å².